The molecule has 0 unspecified atom stereocenters. The molecule has 0 aliphatic carbocycles. The van der Waals surface area contributed by atoms with Crippen molar-refractivity contribution in [3.05, 3.63) is 101 Å². The molecule has 0 saturated carbocycles. The second-order valence-corrected chi connectivity index (χ2v) is 9.35. The van der Waals surface area contributed by atoms with E-state index in [0.717, 1.165) is 49.7 Å². The summed E-state index contributed by atoms with van der Waals surface area (Å²) in [7, 11) is 1.63. The number of halogens is 1. The van der Waals surface area contributed by atoms with Crippen LogP contribution < -0.4 is 10.1 Å². The summed E-state index contributed by atoms with van der Waals surface area (Å²) in [5.41, 5.74) is 6.98. The second-order valence-electron chi connectivity index (χ2n) is 8.91. The number of benzene rings is 4. The first kappa shape index (κ1) is 23.7. The van der Waals surface area contributed by atoms with E-state index < -0.39 is 0 Å². The molecule has 5 rings (SSSR count). The molecule has 1 aromatic heterocycles. The third kappa shape index (κ3) is 4.25. The van der Waals surface area contributed by atoms with E-state index in [4.69, 9.17) is 20.8 Å². The lowest BCUT2D eigenvalue weighted by Gasteiger charge is -2.14. The van der Waals surface area contributed by atoms with Crippen LogP contribution in [-0.2, 0) is 4.79 Å². The lowest BCUT2D eigenvalue weighted by molar-refractivity contribution is -0.111. The fraction of sp³-hybridized carbons (Fsp3) is 0.129. The molecule has 0 aliphatic rings. The Kier molecular flexibility index (Phi) is 6.29. The van der Waals surface area contributed by atoms with Gasteiger partial charge in [-0.05, 0) is 66.4 Å². The molecule has 1 N–H and O–H groups in total. The van der Waals surface area contributed by atoms with E-state index in [-0.39, 0.29) is 5.91 Å². The second kappa shape index (κ2) is 9.56. The fourth-order valence-electron chi connectivity index (χ4n) is 4.71. The van der Waals surface area contributed by atoms with Gasteiger partial charge in [-0.3, -0.25) is 4.79 Å². The van der Waals surface area contributed by atoms with Crippen molar-refractivity contribution >= 4 is 50.5 Å². The Morgan fingerprint density at radius 1 is 0.972 bits per heavy atom. The van der Waals surface area contributed by atoms with E-state index in [1.54, 1.807) is 31.6 Å². The van der Waals surface area contributed by atoms with Gasteiger partial charge in [0.1, 0.15) is 11.3 Å². The van der Waals surface area contributed by atoms with Gasteiger partial charge in [0.05, 0.1) is 13.4 Å². The number of amides is 1. The molecular formula is C31H26ClNO3. The molecule has 4 nitrogen and oxygen atoms in total. The quantitative estimate of drug-likeness (QED) is 0.248. The molecule has 0 bridgehead atoms. The number of ether oxygens (including phenoxy) is 1. The fourth-order valence-corrected chi connectivity index (χ4v) is 4.88. The molecule has 4 aromatic carbocycles. The van der Waals surface area contributed by atoms with E-state index in [1.165, 1.54) is 5.39 Å². The summed E-state index contributed by atoms with van der Waals surface area (Å²) < 4.78 is 11.8. The number of carbonyl (C=O) groups excluding carboxylic acids is 1. The molecule has 0 atom stereocenters. The molecular weight excluding hydrogens is 470 g/mol. The van der Waals surface area contributed by atoms with Crippen LogP contribution >= 0.6 is 11.6 Å². The first-order valence-electron chi connectivity index (χ1n) is 11.7. The predicted molar refractivity (Wildman–Crippen MR) is 149 cm³/mol. The van der Waals surface area contributed by atoms with Crippen molar-refractivity contribution in [3.8, 4) is 16.9 Å². The highest BCUT2D eigenvalue weighted by molar-refractivity contribution is 6.31. The number of carbonyl (C=O) groups is 1. The molecule has 1 heterocycles. The average Bonchev–Trinajstić information content (AvgIpc) is 3.30. The van der Waals surface area contributed by atoms with Gasteiger partial charge < -0.3 is 14.5 Å². The van der Waals surface area contributed by atoms with Gasteiger partial charge in [-0.1, -0.05) is 60.1 Å². The van der Waals surface area contributed by atoms with Crippen molar-refractivity contribution in [2.45, 2.75) is 20.8 Å². The van der Waals surface area contributed by atoms with Gasteiger partial charge in [0.15, 0.2) is 0 Å². The van der Waals surface area contributed by atoms with Crippen LogP contribution in [0.1, 0.15) is 23.6 Å². The summed E-state index contributed by atoms with van der Waals surface area (Å²) >= 11 is 6.11. The Morgan fingerprint density at radius 2 is 1.75 bits per heavy atom. The van der Waals surface area contributed by atoms with Crippen LogP contribution in [0.4, 0.5) is 5.69 Å². The minimum atomic E-state index is -0.237. The van der Waals surface area contributed by atoms with E-state index in [2.05, 4.69) is 35.6 Å². The number of hydrogen-bond acceptors (Lipinski definition) is 3. The Balaban J connectivity index is 1.61. The number of fused-ring (bicyclic) bond motifs is 2. The molecule has 0 fully saturated rings. The standard InChI is InChI=1S/C31H26ClNO3/c1-18-12-13-22(32)15-28(18)33-29(34)14-19(2)25-16-26-27(17-36-31(26)20(3)30(25)35-4)24-11-7-9-21-8-5-6-10-23(21)24/h5-17H,1-4H3,(H,33,34)/b19-14+. The van der Waals surface area contributed by atoms with Crippen LogP contribution in [0, 0.1) is 13.8 Å². The van der Waals surface area contributed by atoms with Crippen LogP contribution in [0.2, 0.25) is 5.02 Å². The maximum absolute atomic E-state index is 12.9. The average molecular weight is 496 g/mol. The van der Waals surface area contributed by atoms with Crippen LogP contribution in [0.3, 0.4) is 0 Å². The van der Waals surface area contributed by atoms with Gasteiger partial charge in [-0.25, -0.2) is 0 Å². The van der Waals surface area contributed by atoms with Gasteiger partial charge in [-0.2, -0.15) is 0 Å². The molecule has 5 heteroatoms. The van der Waals surface area contributed by atoms with E-state index >= 15 is 0 Å². The van der Waals surface area contributed by atoms with Crippen molar-refractivity contribution in [3.63, 3.8) is 0 Å². The molecule has 0 aliphatic heterocycles. The maximum Gasteiger partial charge on any atom is 0.248 e. The van der Waals surface area contributed by atoms with Gasteiger partial charge in [0.25, 0.3) is 0 Å². The highest BCUT2D eigenvalue weighted by atomic mass is 35.5. The van der Waals surface area contributed by atoms with Crippen molar-refractivity contribution in [2.24, 2.45) is 0 Å². The largest absolute Gasteiger partial charge is 0.496 e. The Hall–Kier alpha value is -4.02. The molecule has 0 radical (unpaired) electrons. The van der Waals surface area contributed by atoms with Crippen molar-refractivity contribution in [2.75, 3.05) is 12.4 Å². The Morgan fingerprint density at radius 3 is 2.56 bits per heavy atom. The molecule has 0 spiro atoms. The third-order valence-corrected chi connectivity index (χ3v) is 6.79. The van der Waals surface area contributed by atoms with Gasteiger partial charge >= 0.3 is 0 Å². The number of anilines is 1. The molecule has 180 valence electrons. The van der Waals surface area contributed by atoms with E-state index in [0.29, 0.717) is 16.5 Å². The Labute approximate surface area is 215 Å². The van der Waals surface area contributed by atoms with Crippen LogP contribution in [0.25, 0.3) is 38.4 Å². The number of allylic oxidation sites excluding steroid dienone is 1. The number of nitrogens with one attached hydrogen (secondary N) is 1. The summed E-state index contributed by atoms with van der Waals surface area (Å²) in [4.78, 5) is 12.9. The van der Waals surface area contributed by atoms with Gasteiger partial charge in [0.2, 0.25) is 5.91 Å². The number of rotatable bonds is 5. The lowest BCUT2D eigenvalue weighted by atomic mass is 9.94. The van der Waals surface area contributed by atoms with E-state index in [9.17, 15) is 4.79 Å². The topological polar surface area (TPSA) is 51.5 Å². The first-order valence-corrected chi connectivity index (χ1v) is 12.1. The molecule has 36 heavy (non-hydrogen) atoms. The lowest BCUT2D eigenvalue weighted by Crippen LogP contribution is -2.10. The SMILES string of the molecule is COc1c(/C(C)=C/C(=O)Nc2cc(Cl)ccc2C)cc2c(-c3cccc4ccccc34)coc2c1C. The van der Waals surface area contributed by atoms with Crippen LogP contribution in [-0.4, -0.2) is 13.0 Å². The third-order valence-electron chi connectivity index (χ3n) is 6.56. The monoisotopic (exact) mass is 495 g/mol. The zero-order valence-electron chi connectivity index (χ0n) is 20.6. The number of methoxy groups -OCH3 is 1. The van der Waals surface area contributed by atoms with Crippen molar-refractivity contribution in [1.82, 2.24) is 0 Å². The van der Waals surface area contributed by atoms with Gasteiger partial charge in [0, 0.05) is 38.9 Å². The number of hydrogen-bond donors (Lipinski definition) is 1. The molecule has 5 aromatic rings. The summed E-state index contributed by atoms with van der Waals surface area (Å²) in [6, 6.07) is 22.0. The summed E-state index contributed by atoms with van der Waals surface area (Å²) in [5, 5.41) is 6.79. The number of aryl methyl sites for hydroxylation is 2. The highest BCUT2D eigenvalue weighted by Gasteiger charge is 2.19. The van der Waals surface area contributed by atoms with Crippen molar-refractivity contribution in [1.29, 1.82) is 0 Å². The van der Waals surface area contributed by atoms with Crippen LogP contribution in [0.5, 0.6) is 5.75 Å². The summed E-state index contributed by atoms with van der Waals surface area (Å²) in [6.45, 7) is 5.81. The first-order chi connectivity index (χ1) is 17.4. The minimum absolute atomic E-state index is 0.237. The summed E-state index contributed by atoms with van der Waals surface area (Å²) in [5.74, 6) is 0.445. The maximum atomic E-state index is 12.9. The molecule has 1 amide bonds. The normalized spacial score (nSPS) is 11.8. The highest BCUT2D eigenvalue weighted by Crippen LogP contribution is 2.42. The predicted octanol–water partition coefficient (Wildman–Crippen LogP) is 8.57. The zero-order valence-corrected chi connectivity index (χ0v) is 21.4. The van der Waals surface area contributed by atoms with Gasteiger partial charge in [-0.15, -0.1) is 0 Å². The van der Waals surface area contributed by atoms with Crippen molar-refractivity contribution < 1.29 is 13.9 Å². The van der Waals surface area contributed by atoms with E-state index in [1.807, 2.05) is 45.0 Å². The zero-order chi connectivity index (χ0) is 25.4. The Bertz CT molecular complexity index is 1660. The smallest absolute Gasteiger partial charge is 0.248 e. The van der Waals surface area contributed by atoms with Crippen LogP contribution in [0.15, 0.2) is 83.5 Å². The number of furan rings is 1. The summed E-state index contributed by atoms with van der Waals surface area (Å²) in [6.07, 6.45) is 3.39. The minimum Gasteiger partial charge on any atom is -0.496 e. The molecule has 0 saturated heterocycles.